The lowest BCUT2D eigenvalue weighted by atomic mass is 10.1. The van der Waals surface area contributed by atoms with E-state index in [9.17, 15) is 0 Å². The lowest BCUT2D eigenvalue weighted by Crippen LogP contribution is -2.19. The Kier molecular flexibility index (Phi) is 5.64. The van der Waals surface area contributed by atoms with Crippen LogP contribution >= 0.6 is 31.9 Å². The van der Waals surface area contributed by atoms with Crippen LogP contribution in [-0.4, -0.2) is 13.6 Å². The Labute approximate surface area is 137 Å². The third-order valence-corrected chi connectivity index (χ3v) is 4.17. The molecule has 0 unspecified atom stereocenters. The van der Waals surface area contributed by atoms with E-state index in [4.69, 9.17) is 5.73 Å². The number of nitrogens with zero attached hydrogens (tertiary/aromatic N) is 1. The second-order valence-electron chi connectivity index (χ2n) is 4.80. The van der Waals surface area contributed by atoms with Gasteiger partial charge in [-0.15, -0.1) is 0 Å². The molecule has 0 aliphatic heterocycles. The predicted molar refractivity (Wildman–Crippen MR) is 93.1 cm³/mol. The molecule has 2 nitrogen and oxygen atoms in total. The van der Waals surface area contributed by atoms with Crippen molar-refractivity contribution in [1.82, 2.24) is 0 Å². The van der Waals surface area contributed by atoms with E-state index in [0.717, 1.165) is 21.9 Å². The molecule has 2 aromatic rings. The predicted octanol–water partition coefficient (Wildman–Crippen LogP) is 4.35. The van der Waals surface area contributed by atoms with Gasteiger partial charge in [0.15, 0.2) is 0 Å². The van der Waals surface area contributed by atoms with Crippen molar-refractivity contribution in [2.75, 3.05) is 18.5 Å². The Hall–Kier alpha value is -0.840. The van der Waals surface area contributed by atoms with E-state index in [0.29, 0.717) is 6.54 Å². The highest BCUT2D eigenvalue weighted by molar-refractivity contribution is 9.10. The van der Waals surface area contributed by atoms with Gasteiger partial charge in [0.25, 0.3) is 0 Å². The quantitative estimate of drug-likeness (QED) is 0.812. The van der Waals surface area contributed by atoms with Gasteiger partial charge in [0.2, 0.25) is 0 Å². The summed E-state index contributed by atoms with van der Waals surface area (Å²) in [5, 5.41) is 0. The Morgan fingerprint density at radius 3 is 2.50 bits per heavy atom. The van der Waals surface area contributed by atoms with Crippen LogP contribution in [0.2, 0.25) is 0 Å². The molecule has 20 heavy (non-hydrogen) atoms. The highest BCUT2D eigenvalue weighted by atomic mass is 79.9. The summed E-state index contributed by atoms with van der Waals surface area (Å²) in [6.45, 7) is 1.53. The second-order valence-corrected chi connectivity index (χ2v) is 6.63. The first-order valence-corrected chi connectivity index (χ1v) is 8.13. The minimum absolute atomic E-state index is 0.666. The molecular formula is C16H18Br2N2. The zero-order valence-electron chi connectivity index (χ0n) is 11.4. The van der Waals surface area contributed by atoms with Gasteiger partial charge in [-0.2, -0.15) is 0 Å². The number of anilines is 1. The molecular weight excluding hydrogens is 380 g/mol. The molecule has 0 heterocycles. The zero-order chi connectivity index (χ0) is 14.5. The normalized spacial score (nSPS) is 10.6. The fraction of sp³-hybridized carbons (Fsp3) is 0.250. The molecule has 0 spiro atoms. The van der Waals surface area contributed by atoms with Crippen LogP contribution in [0.25, 0.3) is 0 Å². The molecule has 0 saturated heterocycles. The van der Waals surface area contributed by atoms with Gasteiger partial charge in [-0.25, -0.2) is 0 Å². The molecule has 0 atom stereocenters. The first kappa shape index (κ1) is 15.5. The molecule has 0 radical (unpaired) electrons. The van der Waals surface area contributed by atoms with E-state index >= 15 is 0 Å². The van der Waals surface area contributed by atoms with Crippen molar-refractivity contribution in [3.8, 4) is 0 Å². The van der Waals surface area contributed by atoms with Crippen molar-refractivity contribution in [3.63, 3.8) is 0 Å². The van der Waals surface area contributed by atoms with Crippen LogP contribution in [-0.2, 0) is 13.0 Å². The molecule has 2 rings (SSSR count). The molecule has 0 aliphatic carbocycles. The highest BCUT2D eigenvalue weighted by Crippen LogP contribution is 2.26. The number of rotatable bonds is 5. The maximum Gasteiger partial charge on any atom is 0.0426 e. The van der Waals surface area contributed by atoms with Crippen LogP contribution < -0.4 is 10.6 Å². The average molecular weight is 398 g/mol. The van der Waals surface area contributed by atoms with Gasteiger partial charge in [-0.1, -0.05) is 50.1 Å². The largest absolute Gasteiger partial charge is 0.370 e. The standard InChI is InChI=1S/C16H18Br2N2/c1-20(11-12-3-2-4-14(17)9-12)16-10-15(18)6-5-13(16)7-8-19/h2-6,9-10H,7-8,11,19H2,1H3. The minimum Gasteiger partial charge on any atom is -0.370 e. The molecule has 106 valence electrons. The fourth-order valence-electron chi connectivity index (χ4n) is 2.25. The summed E-state index contributed by atoms with van der Waals surface area (Å²) in [5.41, 5.74) is 9.49. The summed E-state index contributed by atoms with van der Waals surface area (Å²) in [4.78, 5) is 2.26. The highest BCUT2D eigenvalue weighted by Gasteiger charge is 2.08. The second kappa shape index (κ2) is 7.25. The SMILES string of the molecule is CN(Cc1cccc(Br)c1)c1cc(Br)ccc1CCN. The lowest BCUT2D eigenvalue weighted by molar-refractivity contribution is 0.891. The van der Waals surface area contributed by atoms with E-state index < -0.39 is 0 Å². The van der Waals surface area contributed by atoms with Gasteiger partial charge in [-0.3, -0.25) is 0 Å². The van der Waals surface area contributed by atoms with Crippen LogP contribution in [0.3, 0.4) is 0 Å². The number of hydrogen-bond donors (Lipinski definition) is 1. The van der Waals surface area contributed by atoms with Crippen molar-refractivity contribution in [1.29, 1.82) is 0 Å². The molecule has 0 amide bonds. The molecule has 0 fully saturated rings. The van der Waals surface area contributed by atoms with E-state index in [1.54, 1.807) is 0 Å². The van der Waals surface area contributed by atoms with Crippen LogP contribution in [0.1, 0.15) is 11.1 Å². The summed E-state index contributed by atoms with van der Waals surface area (Å²) in [6, 6.07) is 14.8. The smallest absolute Gasteiger partial charge is 0.0426 e. The monoisotopic (exact) mass is 396 g/mol. The Bertz CT molecular complexity index is 584. The molecule has 0 bridgehead atoms. The Balaban J connectivity index is 2.23. The zero-order valence-corrected chi connectivity index (χ0v) is 14.6. The summed E-state index contributed by atoms with van der Waals surface area (Å²) < 4.78 is 2.20. The number of benzene rings is 2. The summed E-state index contributed by atoms with van der Waals surface area (Å²) in [5.74, 6) is 0. The fourth-order valence-corrected chi connectivity index (χ4v) is 3.05. The summed E-state index contributed by atoms with van der Waals surface area (Å²) in [6.07, 6.45) is 0.894. The van der Waals surface area contributed by atoms with Crippen LogP contribution in [0.15, 0.2) is 51.4 Å². The van der Waals surface area contributed by atoms with Crippen molar-refractivity contribution in [2.45, 2.75) is 13.0 Å². The molecule has 2 aromatic carbocycles. The van der Waals surface area contributed by atoms with Gasteiger partial charge in [0.1, 0.15) is 0 Å². The molecule has 0 aliphatic rings. The third-order valence-electron chi connectivity index (χ3n) is 3.18. The third kappa shape index (κ3) is 4.08. The van der Waals surface area contributed by atoms with Gasteiger partial charge in [0, 0.05) is 28.2 Å². The van der Waals surface area contributed by atoms with Gasteiger partial charge in [0.05, 0.1) is 0 Å². The minimum atomic E-state index is 0.666. The maximum absolute atomic E-state index is 5.70. The van der Waals surface area contributed by atoms with Crippen molar-refractivity contribution in [3.05, 3.63) is 62.5 Å². The molecule has 2 N–H and O–H groups in total. The van der Waals surface area contributed by atoms with Crippen LogP contribution in [0, 0.1) is 0 Å². The van der Waals surface area contributed by atoms with Crippen LogP contribution in [0.5, 0.6) is 0 Å². The number of nitrogens with two attached hydrogens (primary N) is 1. The first-order valence-electron chi connectivity index (χ1n) is 6.54. The molecule has 0 aromatic heterocycles. The number of hydrogen-bond acceptors (Lipinski definition) is 2. The lowest BCUT2D eigenvalue weighted by Gasteiger charge is -2.23. The Morgan fingerprint density at radius 2 is 1.80 bits per heavy atom. The van der Waals surface area contributed by atoms with Crippen molar-refractivity contribution in [2.24, 2.45) is 5.73 Å². The Morgan fingerprint density at radius 1 is 1.05 bits per heavy atom. The number of halogens is 2. The van der Waals surface area contributed by atoms with Gasteiger partial charge in [-0.05, 0) is 48.4 Å². The van der Waals surface area contributed by atoms with Gasteiger partial charge < -0.3 is 10.6 Å². The van der Waals surface area contributed by atoms with Gasteiger partial charge >= 0.3 is 0 Å². The summed E-state index contributed by atoms with van der Waals surface area (Å²) >= 11 is 7.06. The van der Waals surface area contributed by atoms with E-state index in [-0.39, 0.29) is 0 Å². The maximum atomic E-state index is 5.70. The molecule has 4 heteroatoms. The van der Waals surface area contributed by atoms with E-state index in [1.165, 1.54) is 16.8 Å². The first-order chi connectivity index (χ1) is 9.60. The van der Waals surface area contributed by atoms with Crippen LogP contribution in [0.4, 0.5) is 5.69 Å². The van der Waals surface area contributed by atoms with Crippen molar-refractivity contribution < 1.29 is 0 Å². The average Bonchev–Trinajstić information content (AvgIpc) is 2.41. The van der Waals surface area contributed by atoms with E-state index in [2.05, 4.69) is 80.2 Å². The molecule has 0 saturated carbocycles. The summed E-state index contributed by atoms with van der Waals surface area (Å²) in [7, 11) is 2.11. The van der Waals surface area contributed by atoms with E-state index in [1.807, 2.05) is 6.07 Å². The topological polar surface area (TPSA) is 29.3 Å². The van der Waals surface area contributed by atoms with Crippen molar-refractivity contribution >= 4 is 37.5 Å².